The van der Waals surface area contributed by atoms with Crippen LogP contribution in [0.25, 0.3) is 11.2 Å². The number of aromatic nitrogens is 4. The Kier molecular flexibility index (Phi) is 4.73. The molecule has 7 heteroatoms. The molecule has 1 aliphatic heterocycles. The Morgan fingerprint density at radius 2 is 1.65 bits per heavy atom. The second kappa shape index (κ2) is 7.58. The van der Waals surface area contributed by atoms with Crippen LogP contribution < -0.4 is 16.1 Å². The molecule has 4 aromatic rings. The fourth-order valence-corrected chi connectivity index (χ4v) is 4.41. The number of hydrogen-bond acceptors (Lipinski definition) is 4. The van der Waals surface area contributed by atoms with E-state index in [2.05, 4.69) is 11.8 Å². The third-order valence-corrected chi connectivity index (χ3v) is 5.98. The average molecular weight is 415 g/mol. The van der Waals surface area contributed by atoms with Crippen molar-refractivity contribution in [2.24, 2.45) is 13.0 Å². The van der Waals surface area contributed by atoms with Crippen LogP contribution in [0, 0.1) is 5.92 Å². The number of aryl methyl sites for hydroxylation is 2. The normalized spacial score (nSPS) is 15.9. The van der Waals surface area contributed by atoms with E-state index < -0.39 is 0 Å². The third-order valence-electron chi connectivity index (χ3n) is 5.98. The summed E-state index contributed by atoms with van der Waals surface area (Å²) in [7, 11) is 1.69. The molecule has 1 unspecified atom stereocenters. The molecule has 0 radical (unpaired) electrons. The van der Waals surface area contributed by atoms with Gasteiger partial charge in [-0.15, -0.1) is 0 Å². The van der Waals surface area contributed by atoms with Gasteiger partial charge in [-0.05, 0) is 30.0 Å². The maximum Gasteiger partial charge on any atom is 0.332 e. The van der Waals surface area contributed by atoms with Crippen LogP contribution in [-0.4, -0.2) is 25.2 Å². The van der Waals surface area contributed by atoms with Crippen LogP contribution in [-0.2, 0) is 26.6 Å². The fraction of sp³-hybridized carbons (Fsp3) is 0.292. The Morgan fingerprint density at radius 1 is 0.968 bits per heavy atom. The van der Waals surface area contributed by atoms with Crippen molar-refractivity contribution >= 4 is 22.8 Å². The predicted octanol–water partition coefficient (Wildman–Crippen LogP) is 2.93. The van der Waals surface area contributed by atoms with E-state index in [0.29, 0.717) is 42.5 Å². The lowest BCUT2D eigenvalue weighted by atomic mass is 10.1. The van der Waals surface area contributed by atoms with Crippen molar-refractivity contribution in [1.82, 2.24) is 18.7 Å². The first-order valence-electron chi connectivity index (χ1n) is 10.6. The van der Waals surface area contributed by atoms with Gasteiger partial charge in [0.15, 0.2) is 11.2 Å². The number of para-hydroxylation sites is 1. The van der Waals surface area contributed by atoms with E-state index in [1.54, 1.807) is 7.05 Å². The lowest BCUT2D eigenvalue weighted by molar-refractivity contribution is 0.457. The smallest absolute Gasteiger partial charge is 0.312 e. The van der Waals surface area contributed by atoms with Crippen molar-refractivity contribution in [3.63, 3.8) is 0 Å². The van der Waals surface area contributed by atoms with Crippen molar-refractivity contribution in [3.05, 3.63) is 87.1 Å². The Balaban J connectivity index is 1.66. The van der Waals surface area contributed by atoms with Gasteiger partial charge in [0.25, 0.3) is 5.56 Å². The van der Waals surface area contributed by atoms with E-state index in [1.165, 1.54) is 9.13 Å². The van der Waals surface area contributed by atoms with Crippen LogP contribution >= 0.6 is 0 Å². The van der Waals surface area contributed by atoms with E-state index in [4.69, 9.17) is 4.98 Å². The van der Waals surface area contributed by atoms with Gasteiger partial charge >= 0.3 is 5.69 Å². The van der Waals surface area contributed by atoms with Crippen molar-refractivity contribution in [2.75, 3.05) is 11.4 Å². The minimum Gasteiger partial charge on any atom is -0.312 e. The Labute approximate surface area is 179 Å². The molecule has 0 aliphatic carbocycles. The number of rotatable bonds is 4. The Morgan fingerprint density at radius 3 is 2.35 bits per heavy atom. The first kappa shape index (κ1) is 19.4. The molecule has 0 N–H and O–H groups in total. The van der Waals surface area contributed by atoms with Crippen LogP contribution in [0.15, 0.2) is 70.3 Å². The zero-order valence-corrected chi connectivity index (χ0v) is 17.7. The quantitative estimate of drug-likeness (QED) is 0.514. The van der Waals surface area contributed by atoms with Crippen LogP contribution in [0.5, 0.6) is 0 Å². The lowest BCUT2D eigenvalue weighted by Gasteiger charge is -2.32. The Bertz CT molecular complexity index is 1350. The molecule has 0 saturated carbocycles. The third kappa shape index (κ3) is 3.26. The number of fused-ring (bicyclic) bond motifs is 3. The second-order valence-corrected chi connectivity index (χ2v) is 8.28. The summed E-state index contributed by atoms with van der Waals surface area (Å²) in [6, 6.07) is 20.0. The zero-order chi connectivity index (χ0) is 21.5. The van der Waals surface area contributed by atoms with Gasteiger partial charge in [-0.3, -0.25) is 13.9 Å². The zero-order valence-electron chi connectivity index (χ0n) is 17.7. The summed E-state index contributed by atoms with van der Waals surface area (Å²) in [5.74, 6) is 1.05. The SMILES string of the molecule is CC1CN(c2ccccc2)c2nc3c(c(=O)n(CCc4ccccc4)c(=O)n3C)n2C1. The predicted molar refractivity (Wildman–Crippen MR) is 122 cm³/mol. The minimum atomic E-state index is -0.330. The summed E-state index contributed by atoms with van der Waals surface area (Å²) in [5, 5.41) is 0. The molecule has 3 heterocycles. The molecule has 0 saturated heterocycles. The molecule has 158 valence electrons. The molecule has 7 nitrogen and oxygen atoms in total. The van der Waals surface area contributed by atoms with Crippen molar-refractivity contribution in [2.45, 2.75) is 26.4 Å². The standard InChI is InChI=1S/C24H25N5O2/c1-17-15-28(19-11-7-4-8-12-19)23-25-21-20(29(23)16-17)22(30)27(24(31)26(21)2)14-13-18-9-5-3-6-10-18/h3-12,17H,13-16H2,1-2H3. The van der Waals surface area contributed by atoms with E-state index in [9.17, 15) is 9.59 Å². The number of imidazole rings is 1. The molecule has 1 aliphatic rings. The average Bonchev–Trinajstić information content (AvgIpc) is 3.18. The van der Waals surface area contributed by atoms with Crippen LogP contribution in [0.4, 0.5) is 11.6 Å². The van der Waals surface area contributed by atoms with Gasteiger partial charge in [0, 0.05) is 32.4 Å². The minimum absolute atomic E-state index is 0.269. The molecule has 2 aromatic heterocycles. The number of hydrogen-bond donors (Lipinski definition) is 0. The van der Waals surface area contributed by atoms with E-state index >= 15 is 0 Å². The molecule has 0 bridgehead atoms. The van der Waals surface area contributed by atoms with Crippen LogP contribution in [0.1, 0.15) is 12.5 Å². The largest absolute Gasteiger partial charge is 0.332 e. The second-order valence-electron chi connectivity index (χ2n) is 8.28. The summed E-state index contributed by atoms with van der Waals surface area (Å²) in [6.45, 7) is 4.01. The maximum absolute atomic E-state index is 13.5. The molecule has 5 rings (SSSR count). The number of nitrogens with zero attached hydrogens (tertiary/aromatic N) is 5. The van der Waals surface area contributed by atoms with E-state index in [0.717, 1.165) is 17.8 Å². The monoisotopic (exact) mass is 415 g/mol. The van der Waals surface area contributed by atoms with Crippen LogP contribution in [0.3, 0.4) is 0 Å². The highest BCUT2D eigenvalue weighted by atomic mass is 16.2. The highest BCUT2D eigenvalue weighted by molar-refractivity contribution is 5.77. The highest BCUT2D eigenvalue weighted by Gasteiger charge is 2.29. The summed E-state index contributed by atoms with van der Waals surface area (Å²) in [4.78, 5) is 33.4. The molecule has 2 aromatic carbocycles. The summed E-state index contributed by atoms with van der Waals surface area (Å²) < 4.78 is 4.83. The summed E-state index contributed by atoms with van der Waals surface area (Å²) in [5.41, 5.74) is 2.46. The molecule has 0 fully saturated rings. The molecule has 0 amide bonds. The lowest BCUT2D eigenvalue weighted by Crippen LogP contribution is -2.40. The van der Waals surface area contributed by atoms with Gasteiger partial charge in [0.1, 0.15) is 0 Å². The Hall–Kier alpha value is -3.61. The van der Waals surface area contributed by atoms with Gasteiger partial charge in [0.2, 0.25) is 5.95 Å². The van der Waals surface area contributed by atoms with E-state index in [-0.39, 0.29) is 11.2 Å². The van der Waals surface area contributed by atoms with Crippen molar-refractivity contribution < 1.29 is 0 Å². The van der Waals surface area contributed by atoms with Crippen LogP contribution in [0.2, 0.25) is 0 Å². The first-order valence-corrected chi connectivity index (χ1v) is 10.6. The summed E-state index contributed by atoms with van der Waals surface area (Å²) in [6.07, 6.45) is 0.620. The van der Waals surface area contributed by atoms with E-state index in [1.807, 2.05) is 65.2 Å². The number of anilines is 2. The van der Waals surface area contributed by atoms with Crippen molar-refractivity contribution in [1.29, 1.82) is 0 Å². The maximum atomic E-state index is 13.5. The molecule has 0 spiro atoms. The van der Waals surface area contributed by atoms with Gasteiger partial charge in [-0.1, -0.05) is 55.5 Å². The fourth-order valence-electron chi connectivity index (χ4n) is 4.41. The van der Waals surface area contributed by atoms with Gasteiger partial charge in [-0.25, -0.2) is 4.79 Å². The van der Waals surface area contributed by atoms with Gasteiger partial charge in [0.05, 0.1) is 0 Å². The highest BCUT2D eigenvalue weighted by Crippen LogP contribution is 2.32. The number of benzene rings is 2. The summed E-state index contributed by atoms with van der Waals surface area (Å²) >= 11 is 0. The van der Waals surface area contributed by atoms with Gasteiger partial charge < -0.3 is 9.47 Å². The van der Waals surface area contributed by atoms with Crippen molar-refractivity contribution in [3.8, 4) is 0 Å². The topological polar surface area (TPSA) is 65.1 Å². The molecule has 31 heavy (non-hydrogen) atoms. The first-order chi connectivity index (χ1) is 15.0. The molecule has 1 atom stereocenters. The van der Waals surface area contributed by atoms with Gasteiger partial charge in [-0.2, -0.15) is 4.98 Å². The molecular formula is C24H25N5O2. The molecular weight excluding hydrogens is 390 g/mol.